The molecule has 2 aromatic rings. The van der Waals surface area contributed by atoms with Crippen LogP contribution in [-0.4, -0.2) is 10.7 Å². The second kappa shape index (κ2) is 6.05. The number of thiophene rings is 1. The third kappa shape index (κ3) is 3.46. The molecule has 5 nitrogen and oxygen atoms in total. The fourth-order valence-electron chi connectivity index (χ4n) is 1.77. The maximum absolute atomic E-state index is 11.3. The molecule has 110 valence electrons. The highest BCUT2D eigenvalue weighted by molar-refractivity contribution is 7.16. The van der Waals surface area contributed by atoms with Crippen molar-refractivity contribution in [3.63, 3.8) is 0 Å². The summed E-state index contributed by atoms with van der Waals surface area (Å²) in [5.74, 6) is 0.701. The highest BCUT2D eigenvalue weighted by atomic mass is 32.1. The van der Waals surface area contributed by atoms with Gasteiger partial charge in [-0.15, -0.1) is 0 Å². The van der Waals surface area contributed by atoms with E-state index in [0.29, 0.717) is 16.5 Å². The van der Waals surface area contributed by atoms with Gasteiger partial charge < -0.3 is 4.74 Å². The molecule has 0 spiro atoms. The van der Waals surface area contributed by atoms with E-state index in [0.717, 1.165) is 16.9 Å². The number of hydrogen-bond acceptors (Lipinski definition) is 5. The van der Waals surface area contributed by atoms with Crippen LogP contribution in [0, 0.1) is 10.1 Å². The third-order valence-electron chi connectivity index (χ3n) is 2.98. The second-order valence-electron chi connectivity index (χ2n) is 4.92. The first-order valence-corrected chi connectivity index (χ1v) is 7.27. The molecule has 1 aromatic heterocycles. The lowest BCUT2D eigenvalue weighted by molar-refractivity contribution is -0.385. The molecular weight excluding hydrogens is 290 g/mol. The zero-order valence-corrected chi connectivity index (χ0v) is 12.8. The Labute approximate surface area is 126 Å². The molecule has 1 heterocycles. The molecule has 0 saturated carbocycles. The summed E-state index contributed by atoms with van der Waals surface area (Å²) in [6, 6.07) is 8.64. The summed E-state index contributed by atoms with van der Waals surface area (Å²) in [6.45, 7) is 5.54. The van der Waals surface area contributed by atoms with E-state index in [1.165, 1.54) is 13.0 Å². The van der Waals surface area contributed by atoms with Crippen LogP contribution in [0.15, 0.2) is 30.3 Å². The van der Waals surface area contributed by atoms with Gasteiger partial charge in [-0.2, -0.15) is 0 Å². The number of carbonyl (C=O) groups excluding carboxylic acids is 1. The fraction of sp³-hybridized carbons (Fsp3) is 0.267. The Kier molecular flexibility index (Phi) is 4.37. The Morgan fingerprint density at radius 3 is 2.38 bits per heavy atom. The van der Waals surface area contributed by atoms with Crippen molar-refractivity contribution in [3.05, 3.63) is 50.9 Å². The van der Waals surface area contributed by atoms with E-state index < -0.39 is 4.92 Å². The SMILES string of the molecule is CC(=O)c1cc([N+](=O)[O-])c(Oc2ccc(C(C)C)cc2)s1. The number of ether oxygens (including phenoxy) is 1. The highest BCUT2D eigenvalue weighted by Crippen LogP contribution is 2.40. The summed E-state index contributed by atoms with van der Waals surface area (Å²) in [4.78, 5) is 22.1. The molecule has 1 aromatic carbocycles. The van der Waals surface area contributed by atoms with Gasteiger partial charge in [0.15, 0.2) is 5.78 Å². The summed E-state index contributed by atoms with van der Waals surface area (Å²) in [5.41, 5.74) is 0.977. The largest absolute Gasteiger partial charge is 0.440 e. The summed E-state index contributed by atoms with van der Waals surface area (Å²) >= 11 is 0.988. The molecule has 0 atom stereocenters. The van der Waals surface area contributed by atoms with Crippen molar-refractivity contribution in [3.8, 4) is 10.8 Å². The molecule has 0 radical (unpaired) electrons. The number of Topliss-reactive ketones (excluding diaryl/α,β-unsaturated/α-hetero) is 1. The van der Waals surface area contributed by atoms with E-state index >= 15 is 0 Å². The first-order valence-electron chi connectivity index (χ1n) is 6.45. The van der Waals surface area contributed by atoms with Crippen LogP contribution in [0.2, 0.25) is 0 Å². The van der Waals surface area contributed by atoms with Crippen LogP contribution in [0.1, 0.15) is 41.9 Å². The van der Waals surface area contributed by atoms with E-state index in [1.54, 1.807) is 12.1 Å². The van der Waals surface area contributed by atoms with Crippen LogP contribution < -0.4 is 4.74 Å². The van der Waals surface area contributed by atoms with Crippen LogP contribution in [0.3, 0.4) is 0 Å². The normalized spacial score (nSPS) is 10.7. The van der Waals surface area contributed by atoms with Gasteiger partial charge in [0.2, 0.25) is 0 Å². The van der Waals surface area contributed by atoms with Crippen molar-refractivity contribution >= 4 is 22.8 Å². The van der Waals surface area contributed by atoms with Crippen molar-refractivity contribution in [1.82, 2.24) is 0 Å². The molecule has 0 saturated heterocycles. The number of ketones is 1. The second-order valence-corrected chi connectivity index (χ2v) is 5.94. The maximum Gasteiger partial charge on any atom is 0.323 e. The lowest BCUT2D eigenvalue weighted by atomic mass is 10.0. The quantitative estimate of drug-likeness (QED) is 0.453. The lowest BCUT2D eigenvalue weighted by Gasteiger charge is -2.07. The zero-order chi connectivity index (χ0) is 15.6. The molecule has 0 aliphatic heterocycles. The first-order chi connectivity index (χ1) is 9.88. The van der Waals surface area contributed by atoms with Gasteiger partial charge in [-0.1, -0.05) is 37.3 Å². The minimum absolute atomic E-state index is 0.127. The number of rotatable bonds is 5. The van der Waals surface area contributed by atoms with Crippen molar-refractivity contribution in [2.75, 3.05) is 0 Å². The van der Waals surface area contributed by atoms with Gasteiger partial charge in [0.1, 0.15) is 5.75 Å². The van der Waals surface area contributed by atoms with Gasteiger partial charge in [0, 0.05) is 6.07 Å². The van der Waals surface area contributed by atoms with Crippen molar-refractivity contribution in [2.45, 2.75) is 26.7 Å². The Balaban J connectivity index is 2.30. The molecule has 0 aliphatic rings. The van der Waals surface area contributed by atoms with Crippen molar-refractivity contribution < 1.29 is 14.5 Å². The number of hydrogen-bond donors (Lipinski definition) is 0. The number of carbonyl (C=O) groups is 1. The van der Waals surface area contributed by atoms with Crippen LogP contribution in [-0.2, 0) is 0 Å². The van der Waals surface area contributed by atoms with E-state index in [4.69, 9.17) is 4.74 Å². The Bertz CT molecular complexity index is 673. The number of nitro groups is 1. The molecule has 0 aliphatic carbocycles. The van der Waals surface area contributed by atoms with Gasteiger partial charge in [0.05, 0.1) is 9.80 Å². The molecule has 0 unspecified atom stereocenters. The molecule has 0 N–H and O–H groups in total. The van der Waals surface area contributed by atoms with E-state index in [1.807, 2.05) is 12.1 Å². The monoisotopic (exact) mass is 305 g/mol. The van der Waals surface area contributed by atoms with E-state index in [2.05, 4.69) is 13.8 Å². The maximum atomic E-state index is 11.3. The topological polar surface area (TPSA) is 69.4 Å². The average Bonchev–Trinajstić information content (AvgIpc) is 2.83. The molecule has 21 heavy (non-hydrogen) atoms. The summed E-state index contributed by atoms with van der Waals surface area (Å²) in [5, 5.41) is 11.1. The average molecular weight is 305 g/mol. The minimum atomic E-state index is -0.541. The van der Waals surface area contributed by atoms with Gasteiger partial charge in [-0.25, -0.2) is 0 Å². The van der Waals surface area contributed by atoms with Crippen LogP contribution >= 0.6 is 11.3 Å². The van der Waals surface area contributed by atoms with Crippen LogP contribution in [0.25, 0.3) is 0 Å². The summed E-state index contributed by atoms with van der Waals surface area (Å²) < 4.78 is 5.56. The Morgan fingerprint density at radius 1 is 1.29 bits per heavy atom. The lowest BCUT2D eigenvalue weighted by Crippen LogP contribution is -1.90. The summed E-state index contributed by atoms with van der Waals surface area (Å²) in [7, 11) is 0. The number of benzene rings is 1. The molecule has 6 heteroatoms. The van der Waals surface area contributed by atoms with Crippen LogP contribution in [0.5, 0.6) is 10.8 Å². The predicted octanol–water partition coefficient (Wildman–Crippen LogP) is 4.77. The Morgan fingerprint density at radius 2 is 1.90 bits per heavy atom. The third-order valence-corrected chi connectivity index (χ3v) is 4.08. The number of nitrogens with zero attached hydrogens (tertiary/aromatic N) is 1. The smallest absolute Gasteiger partial charge is 0.323 e. The minimum Gasteiger partial charge on any atom is -0.440 e. The van der Waals surface area contributed by atoms with Gasteiger partial charge in [0.25, 0.3) is 5.06 Å². The highest BCUT2D eigenvalue weighted by Gasteiger charge is 2.22. The molecular formula is C15H15NO4S. The van der Waals surface area contributed by atoms with Crippen molar-refractivity contribution in [2.24, 2.45) is 0 Å². The van der Waals surface area contributed by atoms with E-state index in [9.17, 15) is 14.9 Å². The predicted molar refractivity (Wildman–Crippen MR) is 81.6 cm³/mol. The van der Waals surface area contributed by atoms with Gasteiger partial charge in [-0.3, -0.25) is 14.9 Å². The standard InChI is InChI=1S/C15H15NO4S/c1-9(2)11-4-6-12(7-5-11)20-15-13(16(18)19)8-14(21-15)10(3)17/h4-9H,1-3H3. The van der Waals surface area contributed by atoms with Gasteiger partial charge >= 0.3 is 5.69 Å². The molecule has 0 fully saturated rings. The summed E-state index contributed by atoms with van der Waals surface area (Å²) in [6.07, 6.45) is 0. The molecule has 0 amide bonds. The fourth-order valence-corrected chi connectivity index (χ4v) is 2.66. The van der Waals surface area contributed by atoms with Crippen molar-refractivity contribution in [1.29, 1.82) is 0 Å². The van der Waals surface area contributed by atoms with E-state index in [-0.39, 0.29) is 16.5 Å². The molecule has 0 bridgehead atoms. The molecule has 2 rings (SSSR count). The zero-order valence-electron chi connectivity index (χ0n) is 12.0. The first kappa shape index (κ1) is 15.2. The van der Waals surface area contributed by atoms with Crippen LogP contribution in [0.4, 0.5) is 5.69 Å². The van der Waals surface area contributed by atoms with Gasteiger partial charge in [-0.05, 0) is 30.5 Å². The Hall–Kier alpha value is -2.21.